The highest BCUT2D eigenvalue weighted by Gasteiger charge is 2.40. The predicted octanol–water partition coefficient (Wildman–Crippen LogP) is 4.15. The molecule has 1 fully saturated rings. The number of amides is 2. The molecule has 6 nitrogen and oxygen atoms in total. The molecule has 1 unspecified atom stereocenters. The molecule has 4 rings (SSSR count). The number of hydrogen-bond acceptors (Lipinski definition) is 5. The molecule has 2 aromatic carbocycles. The molecule has 2 heterocycles. The minimum absolute atomic E-state index is 0.122. The Bertz CT molecular complexity index is 1160. The Morgan fingerprint density at radius 3 is 2.35 bits per heavy atom. The van der Waals surface area contributed by atoms with Crippen LogP contribution in [0.15, 0.2) is 95.7 Å². The Balaban J connectivity index is 1.71. The first kappa shape index (κ1) is 20.4. The van der Waals surface area contributed by atoms with Crippen LogP contribution in [0.3, 0.4) is 0 Å². The average Bonchev–Trinajstić information content (AvgIpc) is 3.11. The van der Waals surface area contributed by atoms with Gasteiger partial charge in [0.2, 0.25) is 5.91 Å². The molecule has 1 atom stereocenters. The number of nitrogens with zero attached hydrogens (tertiary/aromatic N) is 3. The third-order valence-corrected chi connectivity index (χ3v) is 5.95. The van der Waals surface area contributed by atoms with E-state index in [0.29, 0.717) is 23.0 Å². The van der Waals surface area contributed by atoms with Crippen LogP contribution in [0.1, 0.15) is 5.56 Å². The fraction of sp³-hybridized carbons (Fsp3) is 0.0833. The van der Waals surface area contributed by atoms with Gasteiger partial charge in [0.1, 0.15) is 22.5 Å². The number of benzene rings is 2. The summed E-state index contributed by atoms with van der Waals surface area (Å²) in [5.74, 6) is -0.423. The second kappa shape index (κ2) is 9.28. The van der Waals surface area contributed by atoms with E-state index in [-0.39, 0.29) is 11.5 Å². The van der Waals surface area contributed by atoms with Gasteiger partial charge in [0, 0.05) is 11.9 Å². The van der Waals surface area contributed by atoms with Crippen LogP contribution in [-0.2, 0) is 16.0 Å². The summed E-state index contributed by atoms with van der Waals surface area (Å²) in [6.07, 6.45) is 2.05. The summed E-state index contributed by atoms with van der Waals surface area (Å²) < 4.78 is 0. The predicted molar refractivity (Wildman–Crippen MR) is 121 cm³/mol. The standard InChI is InChI=1S/C24H18N4O2S/c25-16-19(22(29)27-21-13-7-8-14-26-21)24-28(18-11-5-2-6-12-18)23(30)20(31-24)15-17-9-3-1-4-10-17/h1-14,20H,15H2,(H,26,27,29)/b24-19-. The summed E-state index contributed by atoms with van der Waals surface area (Å²) in [7, 11) is 0. The summed E-state index contributed by atoms with van der Waals surface area (Å²) in [6, 6.07) is 25.8. The van der Waals surface area contributed by atoms with Crippen molar-refractivity contribution in [1.82, 2.24) is 4.98 Å². The SMILES string of the molecule is N#C/C(C(=O)Nc1ccccn1)=C1/SC(Cc2ccccc2)C(=O)N1c1ccccc1. The molecule has 0 spiro atoms. The van der Waals surface area contributed by atoms with E-state index in [9.17, 15) is 14.9 Å². The van der Waals surface area contributed by atoms with Crippen LogP contribution < -0.4 is 10.2 Å². The zero-order valence-corrected chi connectivity index (χ0v) is 17.3. The van der Waals surface area contributed by atoms with Gasteiger partial charge in [-0.2, -0.15) is 5.26 Å². The first-order valence-corrected chi connectivity index (χ1v) is 10.5. The minimum Gasteiger partial charge on any atom is -0.306 e. The maximum absolute atomic E-state index is 13.3. The molecule has 2 amide bonds. The van der Waals surface area contributed by atoms with Crippen LogP contribution in [0.5, 0.6) is 0 Å². The monoisotopic (exact) mass is 426 g/mol. The minimum atomic E-state index is -0.599. The molecule has 1 aromatic heterocycles. The zero-order valence-electron chi connectivity index (χ0n) is 16.4. The molecule has 7 heteroatoms. The second-order valence-corrected chi connectivity index (χ2v) is 7.96. The topological polar surface area (TPSA) is 86.1 Å². The smallest absolute Gasteiger partial charge is 0.270 e. The summed E-state index contributed by atoms with van der Waals surface area (Å²) in [5, 5.41) is 12.3. The molecule has 0 bridgehead atoms. The molecule has 3 aromatic rings. The van der Waals surface area contributed by atoms with Gasteiger partial charge >= 0.3 is 0 Å². The van der Waals surface area contributed by atoms with Crippen molar-refractivity contribution in [1.29, 1.82) is 5.26 Å². The van der Waals surface area contributed by atoms with Gasteiger partial charge in [-0.05, 0) is 36.2 Å². The molecule has 1 N–H and O–H groups in total. The lowest BCUT2D eigenvalue weighted by Crippen LogP contribution is -2.30. The fourth-order valence-corrected chi connectivity index (χ4v) is 4.55. The van der Waals surface area contributed by atoms with Crippen LogP contribution in [0.2, 0.25) is 0 Å². The molecular formula is C24H18N4O2S. The van der Waals surface area contributed by atoms with E-state index in [1.165, 1.54) is 16.7 Å². The molecular weight excluding hydrogens is 408 g/mol. The first-order chi connectivity index (χ1) is 15.2. The second-order valence-electron chi connectivity index (χ2n) is 6.77. The van der Waals surface area contributed by atoms with Crippen molar-refractivity contribution in [3.05, 3.63) is 101 Å². The van der Waals surface area contributed by atoms with E-state index in [2.05, 4.69) is 10.3 Å². The van der Waals surface area contributed by atoms with Crippen LogP contribution in [0.25, 0.3) is 0 Å². The number of pyridine rings is 1. The number of anilines is 2. The van der Waals surface area contributed by atoms with Gasteiger partial charge in [-0.15, -0.1) is 0 Å². The van der Waals surface area contributed by atoms with E-state index in [4.69, 9.17) is 0 Å². The molecule has 1 aliphatic rings. The van der Waals surface area contributed by atoms with Gasteiger partial charge in [-0.1, -0.05) is 66.4 Å². The maximum atomic E-state index is 13.3. The quantitative estimate of drug-likeness (QED) is 0.489. The largest absolute Gasteiger partial charge is 0.306 e. The lowest BCUT2D eigenvalue weighted by Gasteiger charge is -2.18. The van der Waals surface area contributed by atoms with Crippen LogP contribution >= 0.6 is 11.8 Å². The number of para-hydroxylation sites is 1. The van der Waals surface area contributed by atoms with Crippen LogP contribution in [0.4, 0.5) is 11.5 Å². The third-order valence-electron chi connectivity index (χ3n) is 4.69. The number of thioether (sulfide) groups is 1. The van der Waals surface area contributed by atoms with Crippen LogP contribution in [0, 0.1) is 11.3 Å². The van der Waals surface area contributed by atoms with Crippen molar-refractivity contribution in [2.24, 2.45) is 0 Å². The summed E-state index contributed by atoms with van der Waals surface area (Å²) in [6.45, 7) is 0. The molecule has 31 heavy (non-hydrogen) atoms. The number of carbonyl (C=O) groups is 2. The van der Waals surface area contributed by atoms with Crippen molar-refractivity contribution in [2.75, 3.05) is 10.2 Å². The summed E-state index contributed by atoms with van der Waals surface area (Å²) in [5.41, 5.74) is 1.51. The van der Waals surface area contributed by atoms with Crippen molar-refractivity contribution in [3.8, 4) is 6.07 Å². The zero-order chi connectivity index (χ0) is 21.6. The Labute approximate surface area is 184 Å². The summed E-state index contributed by atoms with van der Waals surface area (Å²) in [4.78, 5) is 31.8. The third kappa shape index (κ3) is 4.49. The number of rotatable bonds is 5. The number of nitrogens with one attached hydrogen (secondary N) is 1. The summed E-state index contributed by atoms with van der Waals surface area (Å²) >= 11 is 1.24. The maximum Gasteiger partial charge on any atom is 0.270 e. The number of hydrogen-bond donors (Lipinski definition) is 1. The molecule has 0 aliphatic carbocycles. The molecule has 1 saturated heterocycles. The van der Waals surface area contributed by atoms with E-state index in [0.717, 1.165) is 5.56 Å². The Morgan fingerprint density at radius 1 is 1.03 bits per heavy atom. The van der Waals surface area contributed by atoms with Crippen LogP contribution in [-0.4, -0.2) is 22.0 Å². The first-order valence-electron chi connectivity index (χ1n) is 9.63. The van der Waals surface area contributed by atoms with Gasteiger partial charge in [0.15, 0.2) is 0 Å². The molecule has 1 aliphatic heterocycles. The lowest BCUT2D eigenvalue weighted by molar-refractivity contribution is -0.117. The Morgan fingerprint density at radius 2 is 1.71 bits per heavy atom. The normalized spacial score (nSPS) is 17.2. The molecule has 0 radical (unpaired) electrons. The van der Waals surface area contributed by atoms with E-state index in [1.54, 1.807) is 36.5 Å². The fourth-order valence-electron chi connectivity index (χ4n) is 3.24. The number of carbonyl (C=O) groups excluding carboxylic acids is 2. The van der Waals surface area contributed by atoms with Crippen molar-refractivity contribution in [2.45, 2.75) is 11.7 Å². The van der Waals surface area contributed by atoms with Gasteiger partial charge in [-0.25, -0.2) is 4.98 Å². The Hall–Kier alpha value is -3.89. The lowest BCUT2D eigenvalue weighted by atomic mass is 10.1. The van der Waals surface area contributed by atoms with E-state index < -0.39 is 11.2 Å². The Kier molecular flexibility index (Phi) is 6.11. The van der Waals surface area contributed by atoms with Crippen molar-refractivity contribution in [3.63, 3.8) is 0 Å². The van der Waals surface area contributed by atoms with Gasteiger partial charge < -0.3 is 5.32 Å². The average molecular weight is 427 g/mol. The molecule has 0 saturated carbocycles. The van der Waals surface area contributed by atoms with Gasteiger partial charge in [-0.3, -0.25) is 14.5 Å². The van der Waals surface area contributed by atoms with E-state index >= 15 is 0 Å². The van der Waals surface area contributed by atoms with Crippen molar-refractivity contribution < 1.29 is 9.59 Å². The highest BCUT2D eigenvalue weighted by atomic mass is 32.2. The highest BCUT2D eigenvalue weighted by Crippen LogP contribution is 2.41. The van der Waals surface area contributed by atoms with E-state index in [1.807, 2.05) is 54.6 Å². The highest BCUT2D eigenvalue weighted by molar-refractivity contribution is 8.05. The number of aromatic nitrogens is 1. The molecule has 152 valence electrons. The van der Waals surface area contributed by atoms with Crippen molar-refractivity contribution >= 4 is 35.1 Å². The van der Waals surface area contributed by atoms with Gasteiger partial charge in [0.05, 0.1) is 5.25 Å². The number of nitriles is 1. The van der Waals surface area contributed by atoms with Gasteiger partial charge in [0.25, 0.3) is 5.91 Å².